The first-order valence-electron chi connectivity index (χ1n) is 10.2. The molecule has 0 aliphatic carbocycles. The van der Waals surface area contributed by atoms with Gasteiger partial charge in [0.1, 0.15) is 55.4 Å². The molecule has 17 nitrogen and oxygen atoms in total. The van der Waals surface area contributed by atoms with Crippen molar-refractivity contribution in [3.05, 3.63) is 11.5 Å². The summed E-state index contributed by atoms with van der Waals surface area (Å²) in [5.74, 6) is -5.00. The van der Waals surface area contributed by atoms with Gasteiger partial charge >= 0.3 is 5.97 Å². The highest BCUT2D eigenvalue weighted by molar-refractivity contribution is 5.89. The van der Waals surface area contributed by atoms with E-state index in [9.17, 15) is 35.4 Å². The summed E-state index contributed by atoms with van der Waals surface area (Å²) in [5.41, 5.74) is 0. The number of carbonyl (C=O) groups excluding carboxylic acids is 1. The fraction of sp³-hybridized carbons (Fsp3) is 0.833. The van der Waals surface area contributed by atoms with Crippen molar-refractivity contribution >= 4 is 5.97 Å². The number of cyclic esters (lactones) is 1. The summed E-state index contributed by atoms with van der Waals surface area (Å²) in [7, 11) is 0. The largest absolute Gasteiger partial charge is 0.505 e. The van der Waals surface area contributed by atoms with Crippen LogP contribution in [-0.2, 0) is 23.7 Å². The van der Waals surface area contributed by atoms with E-state index in [2.05, 4.69) is 4.74 Å². The van der Waals surface area contributed by atoms with E-state index in [1.165, 1.54) is 0 Å². The van der Waals surface area contributed by atoms with Crippen LogP contribution in [0.5, 0.6) is 0 Å². The number of hydrogen-bond acceptors (Lipinski definition) is 17. The SMILES string of the molecule is O=C1O[C@H]([C@@H](O)CO)C(O)=C1O.OC[C@H]1O[C@@](CO)(O[C@H]2O[C@H](CO)[C@@H](O)[C@H](O)[C@H]2O)[C@@H](O)[C@@H]1O. The van der Waals surface area contributed by atoms with Crippen molar-refractivity contribution in [3.63, 3.8) is 0 Å². The molecule has 0 radical (unpaired) electrons. The maximum atomic E-state index is 10.5. The van der Waals surface area contributed by atoms with Crippen molar-refractivity contribution < 1.29 is 85.0 Å². The predicted octanol–water partition coefficient (Wildman–Crippen LogP) is -6.80. The molecule has 2 fully saturated rings. The highest BCUT2D eigenvalue weighted by Gasteiger charge is 2.58. The van der Waals surface area contributed by atoms with E-state index in [1.54, 1.807) is 0 Å². The Bertz CT molecular complexity index is 745. The number of carbonyl (C=O) groups is 1. The average Bonchev–Trinajstić information content (AvgIpc) is 3.26. The molecular weight excluding hydrogens is 488 g/mol. The Morgan fingerprint density at radius 1 is 0.886 bits per heavy atom. The summed E-state index contributed by atoms with van der Waals surface area (Å²) in [4.78, 5) is 10.5. The van der Waals surface area contributed by atoms with Crippen LogP contribution in [0.2, 0.25) is 0 Å². The van der Waals surface area contributed by atoms with Gasteiger partial charge in [-0.25, -0.2) is 4.79 Å². The summed E-state index contributed by atoms with van der Waals surface area (Å²) in [6, 6.07) is 0. The molecule has 0 amide bonds. The first-order valence-corrected chi connectivity index (χ1v) is 10.2. The van der Waals surface area contributed by atoms with Crippen LogP contribution >= 0.6 is 0 Å². The molecule has 17 heteroatoms. The third kappa shape index (κ3) is 5.83. The van der Waals surface area contributed by atoms with Crippen molar-refractivity contribution in [1.82, 2.24) is 0 Å². The zero-order valence-electron chi connectivity index (χ0n) is 18.0. The monoisotopic (exact) mass is 518 g/mol. The number of ether oxygens (including phenoxy) is 4. The molecule has 2 saturated heterocycles. The van der Waals surface area contributed by atoms with Gasteiger partial charge in [-0.15, -0.1) is 0 Å². The zero-order valence-corrected chi connectivity index (χ0v) is 18.0. The van der Waals surface area contributed by atoms with Crippen LogP contribution in [0.15, 0.2) is 11.5 Å². The van der Waals surface area contributed by atoms with Crippen molar-refractivity contribution in [1.29, 1.82) is 0 Å². The van der Waals surface area contributed by atoms with Crippen LogP contribution in [0, 0.1) is 0 Å². The second kappa shape index (κ2) is 12.0. The van der Waals surface area contributed by atoms with Gasteiger partial charge in [-0.2, -0.15) is 0 Å². The molecule has 35 heavy (non-hydrogen) atoms. The Morgan fingerprint density at radius 3 is 1.91 bits per heavy atom. The lowest BCUT2D eigenvalue weighted by atomic mass is 9.99. The van der Waals surface area contributed by atoms with Gasteiger partial charge in [-0.1, -0.05) is 0 Å². The molecule has 0 aromatic rings. The first-order chi connectivity index (χ1) is 16.4. The highest BCUT2D eigenvalue weighted by atomic mass is 16.8. The molecular formula is C18H30O17. The van der Waals surface area contributed by atoms with Gasteiger partial charge < -0.3 is 80.2 Å². The Hall–Kier alpha value is -1.71. The average molecular weight is 518 g/mol. The minimum Gasteiger partial charge on any atom is -0.505 e. The fourth-order valence-corrected chi connectivity index (χ4v) is 3.45. The van der Waals surface area contributed by atoms with Gasteiger partial charge in [-0.3, -0.25) is 0 Å². The van der Waals surface area contributed by atoms with E-state index < -0.39 is 111 Å². The van der Waals surface area contributed by atoms with Gasteiger partial charge in [0.05, 0.1) is 19.8 Å². The Balaban J connectivity index is 0.000000303. The third-order valence-electron chi connectivity index (χ3n) is 5.55. The number of rotatable bonds is 7. The van der Waals surface area contributed by atoms with Crippen molar-refractivity contribution in [3.8, 4) is 0 Å². The predicted molar refractivity (Wildman–Crippen MR) is 104 cm³/mol. The second-order valence-electron chi connectivity index (χ2n) is 7.87. The van der Waals surface area contributed by atoms with E-state index in [1.807, 2.05) is 0 Å². The molecule has 0 bridgehead atoms. The van der Waals surface area contributed by atoms with Crippen LogP contribution < -0.4 is 0 Å². The van der Waals surface area contributed by atoms with Crippen LogP contribution in [0.3, 0.4) is 0 Å². The highest BCUT2D eigenvalue weighted by Crippen LogP contribution is 2.35. The molecule has 0 spiro atoms. The molecule has 204 valence electrons. The smallest absolute Gasteiger partial charge is 0.377 e. The minimum atomic E-state index is -2.22. The van der Waals surface area contributed by atoms with Crippen LogP contribution in [0.4, 0.5) is 0 Å². The molecule has 3 rings (SSSR count). The summed E-state index contributed by atoms with van der Waals surface area (Å²) >= 11 is 0. The molecule has 11 atom stereocenters. The number of esters is 1. The standard InChI is InChI=1S/C12H22O11.C6H8O6/c13-1-4-6(16)8(18)9(19)11(21-4)23-12(3-15)10(20)7(17)5(2-14)22-12;7-1-2(8)5-3(9)4(10)6(11)12-5/h4-11,13-20H,1-3H2;2,5,7-10H,1H2/t4-,5-,6-,7-,8+,9-,10+,11-,12+;2-,5+/m10/s1. The quantitative estimate of drug-likeness (QED) is 0.139. The minimum absolute atomic E-state index is 0.669. The van der Waals surface area contributed by atoms with Crippen molar-refractivity contribution in [2.24, 2.45) is 0 Å². The van der Waals surface area contributed by atoms with E-state index in [0.717, 1.165) is 0 Å². The Labute approximate surface area is 196 Å². The number of aliphatic hydroxyl groups excluding tert-OH is 12. The summed E-state index contributed by atoms with van der Waals surface area (Å²) < 4.78 is 19.8. The van der Waals surface area contributed by atoms with Crippen molar-refractivity contribution in [2.45, 2.75) is 67.0 Å². The topological polar surface area (TPSA) is 297 Å². The summed E-state index contributed by atoms with van der Waals surface area (Å²) in [6.45, 7) is -2.99. The first kappa shape index (κ1) is 29.5. The Kier molecular flexibility index (Phi) is 10.1. The summed E-state index contributed by atoms with van der Waals surface area (Å²) in [5, 5.41) is 112. The molecule has 0 aromatic carbocycles. The van der Waals surface area contributed by atoms with E-state index in [4.69, 9.17) is 44.8 Å². The number of aliphatic hydroxyl groups is 12. The number of hydrogen-bond donors (Lipinski definition) is 12. The van der Waals surface area contributed by atoms with E-state index >= 15 is 0 Å². The molecule has 3 aliphatic heterocycles. The van der Waals surface area contributed by atoms with Crippen LogP contribution in [-0.4, -0.2) is 161 Å². The van der Waals surface area contributed by atoms with Gasteiger partial charge in [-0.05, 0) is 0 Å². The third-order valence-corrected chi connectivity index (χ3v) is 5.55. The van der Waals surface area contributed by atoms with Gasteiger partial charge in [0, 0.05) is 0 Å². The van der Waals surface area contributed by atoms with Gasteiger partial charge in [0.2, 0.25) is 11.5 Å². The van der Waals surface area contributed by atoms with Crippen molar-refractivity contribution in [2.75, 3.05) is 26.4 Å². The molecule has 0 saturated carbocycles. The van der Waals surface area contributed by atoms with Gasteiger partial charge in [0.25, 0.3) is 0 Å². The normalized spacial score (nSPS) is 42.5. The van der Waals surface area contributed by atoms with Crippen LogP contribution in [0.1, 0.15) is 0 Å². The van der Waals surface area contributed by atoms with Crippen LogP contribution in [0.25, 0.3) is 0 Å². The molecule has 0 aromatic heterocycles. The summed E-state index contributed by atoms with van der Waals surface area (Å²) in [6.07, 6.45) is -15.4. The Morgan fingerprint density at radius 2 is 1.49 bits per heavy atom. The maximum absolute atomic E-state index is 10.5. The lowest BCUT2D eigenvalue weighted by Crippen LogP contribution is -2.62. The van der Waals surface area contributed by atoms with E-state index in [0.29, 0.717) is 0 Å². The van der Waals surface area contributed by atoms with E-state index in [-0.39, 0.29) is 0 Å². The fourth-order valence-electron chi connectivity index (χ4n) is 3.45. The van der Waals surface area contributed by atoms with Gasteiger partial charge in [0.15, 0.2) is 18.2 Å². The molecule has 12 N–H and O–H groups in total. The molecule has 0 unspecified atom stereocenters. The molecule has 3 heterocycles. The molecule has 3 aliphatic rings. The second-order valence-corrected chi connectivity index (χ2v) is 7.87. The maximum Gasteiger partial charge on any atom is 0.377 e. The zero-order chi connectivity index (χ0) is 26.7. The lowest BCUT2D eigenvalue weighted by Gasteiger charge is -2.43. The lowest BCUT2D eigenvalue weighted by molar-refractivity contribution is -0.383.